The Kier molecular flexibility index (Phi) is 4.60. The van der Waals surface area contributed by atoms with Crippen LogP contribution in [0.1, 0.15) is 43.9 Å². The molecule has 0 bridgehead atoms. The van der Waals surface area contributed by atoms with E-state index >= 15 is 0 Å². The maximum atomic E-state index is 4.13. The fourth-order valence-electron chi connectivity index (χ4n) is 2.12. The van der Waals surface area contributed by atoms with Crippen LogP contribution in [0.25, 0.3) is 5.57 Å². The van der Waals surface area contributed by atoms with Crippen molar-refractivity contribution in [2.24, 2.45) is 0 Å². The summed E-state index contributed by atoms with van der Waals surface area (Å²) in [6.45, 7) is 4.30. The predicted molar refractivity (Wildman–Crippen MR) is 75.1 cm³/mol. The second-order valence-electron chi connectivity index (χ2n) is 4.82. The second kappa shape index (κ2) is 6.42. The number of aromatic amines is 1. The van der Waals surface area contributed by atoms with Gasteiger partial charge < -0.3 is 4.90 Å². The van der Waals surface area contributed by atoms with E-state index in [4.69, 9.17) is 0 Å². The normalized spacial score (nSPS) is 16.0. The molecular formula is C15H21N3. The van der Waals surface area contributed by atoms with E-state index in [2.05, 4.69) is 47.0 Å². The number of likely N-dealkylation sites (N-methyl/N-ethyl adjacent to an activating group) is 1. The maximum Gasteiger partial charge on any atom is 0.0776 e. The van der Waals surface area contributed by atoms with E-state index in [1.165, 1.54) is 18.4 Å². The van der Waals surface area contributed by atoms with Crippen LogP contribution in [0, 0.1) is 11.8 Å². The maximum absolute atomic E-state index is 4.13. The molecule has 18 heavy (non-hydrogen) atoms. The number of H-pyrrole nitrogens is 1. The zero-order valence-corrected chi connectivity index (χ0v) is 11.3. The zero-order valence-electron chi connectivity index (χ0n) is 11.3. The van der Waals surface area contributed by atoms with E-state index in [9.17, 15) is 0 Å². The molecule has 1 aliphatic heterocycles. The van der Waals surface area contributed by atoms with Crippen LogP contribution in [-0.4, -0.2) is 35.2 Å². The minimum Gasteiger partial charge on any atom is -0.302 e. The van der Waals surface area contributed by atoms with Crippen molar-refractivity contribution in [1.29, 1.82) is 0 Å². The fourth-order valence-corrected chi connectivity index (χ4v) is 2.12. The van der Waals surface area contributed by atoms with Crippen LogP contribution < -0.4 is 0 Å². The van der Waals surface area contributed by atoms with Gasteiger partial charge >= 0.3 is 0 Å². The van der Waals surface area contributed by atoms with Gasteiger partial charge in [0.1, 0.15) is 0 Å². The molecule has 1 aromatic heterocycles. The lowest BCUT2D eigenvalue weighted by molar-refractivity contribution is 0.372. The first-order valence-electron chi connectivity index (χ1n) is 6.71. The molecule has 0 amide bonds. The van der Waals surface area contributed by atoms with Gasteiger partial charge in [0.15, 0.2) is 0 Å². The number of hydrogen-bond acceptors (Lipinski definition) is 2. The molecule has 0 saturated carbocycles. The Labute approximate surface area is 109 Å². The van der Waals surface area contributed by atoms with Crippen molar-refractivity contribution < 1.29 is 0 Å². The molecule has 0 saturated heterocycles. The molecule has 2 heterocycles. The highest BCUT2D eigenvalue weighted by molar-refractivity contribution is 5.69. The van der Waals surface area contributed by atoms with Gasteiger partial charge in [0.2, 0.25) is 0 Å². The van der Waals surface area contributed by atoms with Crippen molar-refractivity contribution in [2.45, 2.75) is 32.6 Å². The van der Waals surface area contributed by atoms with Crippen LogP contribution in [-0.2, 0) is 0 Å². The van der Waals surface area contributed by atoms with Gasteiger partial charge in [0, 0.05) is 19.5 Å². The summed E-state index contributed by atoms with van der Waals surface area (Å²) in [5.74, 6) is 6.47. The minimum atomic E-state index is 0.972. The number of rotatable bonds is 3. The quantitative estimate of drug-likeness (QED) is 0.654. The average Bonchev–Trinajstić information content (AvgIpc) is 2.83. The van der Waals surface area contributed by atoms with E-state index < -0.39 is 0 Å². The van der Waals surface area contributed by atoms with Crippen molar-refractivity contribution in [3.05, 3.63) is 23.5 Å². The van der Waals surface area contributed by atoms with Crippen molar-refractivity contribution in [1.82, 2.24) is 15.1 Å². The SMILES string of the molecule is CCCCC#Cc1cn[nH]c1C1=CCCN(C)C1. The van der Waals surface area contributed by atoms with Gasteiger partial charge in [-0.3, -0.25) is 5.10 Å². The van der Waals surface area contributed by atoms with Gasteiger partial charge in [-0.05, 0) is 25.5 Å². The third-order valence-electron chi connectivity index (χ3n) is 3.18. The molecule has 1 aromatic rings. The molecule has 0 aromatic carbocycles. The lowest BCUT2D eigenvalue weighted by Crippen LogP contribution is -2.25. The van der Waals surface area contributed by atoms with Gasteiger partial charge in [-0.2, -0.15) is 5.10 Å². The van der Waals surface area contributed by atoms with Crippen LogP contribution in [0.2, 0.25) is 0 Å². The smallest absolute Gasteiger partial charge is 0.0776 e. The Balaban J connectivity index is 2.11. The van der Waals surface area contributed by atoms with Crippen LogP contribution in [0.15, 0.2) is 12.3 Å². The summed E-state index contributed by atoms with van der Waals surface area (Å²) in [6.07, 6.45) is 8.58. The summed E-state index contributed by atoms with van der Waals surface area (Å²) in [5.41, 5.74) is 3.46. The molecule has 0 unspecified atom stereocenters. The van der Waals surface area contributed by atoms with Crippen molar-refractivity contribution in [3.8, 4) is 11.8 Å². The average molecular weight is 243 g/mol. The molecule has 0 spiro atoms. The van der Waals surface area contributed by atoms with Crippen molar-refractivity contribution in [2.75, 3.05) is 20.1 Å². The van der Waals surface area contributed by atoms with Crippen LogP contribution >= 0.6 is 0 Å². The minimum absolute atomic E-state index is 0.972. The Hall–Kier alpha value is -1.53. The van der Waals surface area contributed by atoms with Crippen molar-refractivity contribution >= 4 is 5.57 Å². The lowest BCUT2D eigenvalue weighted by atomic mass is 10.0. The van der Waals surface area contributed by atoms with E-state index in [1.54, 1.807) is 0 Å². The van der Waals surface area contributed by atoms with Gasteiger partial charge in [0.25, 0.3) is 0 Å². The number of aromatic nitrogens is 2. The molecule has 3 heteroatoms. The van der Waals surface area contributed by atoms with E-state index in [0.29, 0.717) is 0 Å². The van der Waals surface area contributed by atoms with Gasteiger partial charge in [-0.25, -0.2) is 0 Å². The first-order chi connectivity index (χ1) is 8.81. The van der Waals surface area contributed by atoms with E-state index in [0.717, 1.165) is 37.2 Å². The summed E-state index contributed by atoms with van der Waals surface area (Å²) < 4.78 is 0. The number of hydrogen-bond donors (Lipinski definition) is 1. The van der Waals surface area contributed by atoms with Gasteiger partial charge in [0.05, 0.1) is 17.5 Å². The Morgan fingerprint density at radius 1 is 1.50 bits per heavy atom. The third kappa shape index (κ3) is 3.24. The molecular weight excluding hydrogens is 222 g/mol. The highest BCUT2D eigenvalue weighted by atomic mass is 15.1. The van der Waals surface area contributed by atoms with Gasteiger partial charge in [-0.1, -0.05) is 31.3 Å². The molecule has 0 aliphatic carbocycles. The third-order valence-corrected chi connectivity index (χ3v) is 3.18. The zero-order chi connectivity index (χ0) is 12.8. The summed E-state index contributed by atoms with van der Waals surface area (Å²) in [5, 5.41) is 7.22. The molecule has 0 atom stereocenters. The molecule has 2 rings (SSSR count). The molecule has 96 valence electrons. The largest absolute Gasteiger partial charge is 0.302 e. The highest BCUT2D eigenvalue weighted by Gasteiger charge is 2.14. The summed E-state index contributed by atoms with van der Waals surface area (Å²) >= 11 is 0. The summed E-state index contributed by atoms with van der Waals surface area (Å²) in [6, 6.07) is 0. The summed E-state index contributed by atoms with van der Waals surface area (Å²) in [4.78, 5) is 2.32. The second-order valence-corrected chi connectivity index (χ2v) is 4.82. The molecule has 0 radical (unpaired) electrons. The molecule has 3 nitrogen and oxygen atoms in total. The predicted octanol–water partition coefficient (Wildman–Crippen LogP) is 2.67. The fraction of sp³-hybridized carbons (Fsp3) is 0.533. The Morgan fingerprint density at radius 3 is 3.17 bits per heavy atom. The molecule has 1 N–H and O–H groups in total. The first-order valence-corrected chi connectivity index (χ1v) is 6.71. The first kappa shape index (κ1) is 12.9. The van der Waals surface area contributed by atoms with Crippen LogP contribution in [0.5, 0.6) is 0 Å². The lowest BCUT2D eigenvalue weighted by Gasteiger charge is -2.22. The number of unbranched alkanes of at least 4 members (excludes halogenated alkanes) is 2. The number of nitrogens with zero attached hydrogens (tertiary/aromatic N) is 2. The topological polar surface area (TPSA) is 31.9 Å². The van der Waals surface area contributed by atoms with Crippen LogP contribution in [0.3, 0.4) is 0 Å². The number of nitrogens with one attached hydrogen (secondary N) is 1. The van der Waals surface area contributed by atoms with Crippen molar-refractivity contribution in [3.63, 3.8) is 0 Å². The Bertz CT molecular complexity index is 473. The van der Waals surface area contributed by atoms with E-state index in [-0.39, 0.29) is 0 Å². The van der Waals surface area contributed by atoms with Gasteiger partial charge in [-0.15, -0.1) is 0 Å². The standard InChI is InChI=1S/C15H21N3/c1-3-4-5-6-8-13-11-16-17-15(13)14-9-7-10-18(2)12-14/h9,11H,3-5,7,10,12H2,1-2H3,(H,16,17). The highest BCUT2D eigenvalue weighted by Crippen LogP contribution is 2.20. The summed E-state index contributed by atoms with van der Waals surface area (Å²) in [7, 11) is 2.15. The van der Waals surface area contributed by atoms with E-state index in [1.807, 2.05) is 6.20 Å². The van der Waals surface area contributed by atoms with Crippen LogP contribution in [0.4, 0.5) is 0 Å². The monoisotopic (exact) mass is 243 g/mol. The Morgan fingerprint density at radius 2 is 2.39 bits per heavy atom. The molecule has 1 aliphatic rings. The molecule has 0 fully saturated rings.